The number of aromatic nitrogens is 2. The molecule has 1 aliphatic rings. The van der Waals surface area contributed by atoms with E-state index in [4.69, 9.17) is 11.1 Å². The zero-order valence-corrected chi connectivity index (χ0v) is 21.7. The number of benzene rings is 3. The fraction of sp³-hybridized carbons (Fsp3) is 0.143. The Kier molecular flexibility index (Phi) is 7.63. The van der Waals surface area contributed by atoms with Crippen molar-refractivity contribution in [2.75, 3.05) is 24.1 Å². The average molecular weight is 571 g/mol. The molecule has 12 heteroatoms. The number of hydrogen-bond donors (Lipinski definition) is 3. The van der Waals surface area contributed by atoms with Crippen LogP contribution in [0.2, 0.25) is 0 Å². The molecule has 0 bridgehead atoms. The molecule has 0 radical (unpaired) electrons. The molecule has 40 heavy (non-hydrogen) atoms. The highest BCUT2D eigenvalue weighted by Crippen LogP contribution is 2.40. The number of nitrogens with one attached hydrogen (secondary N) is 2. The zero-order valence-electron chi connectivity index (χ0n) is 20.9. The van der Waals surface area contributed by atoms with E-state index in [1.807, 2.05) is 54.6 Å². The molecule has 0 amide bonds. The molecule has 4 N–H and O–H groups in total. The fourth-order valence-electron chi connectivity index (χ4n) is 4.34. The quantitative estimate of drug-likeness (QED) is 0.0852. The first-order chi connectivity index (χ1) is 19.2. The summed E-state index contributed by atoms with van der Waals surface area (Å²) in [6, 6.07) is 17.2. The highest BCUT2D eigenvalue weighted by atomic mass is 32.2. The lowest BCUT2D eigenvalue weighted by Crippen LogP contribution is -2.52. The molecule has 4 aromatic rings. The van der Waals surface area contributed by atoms with Crippen LogP contribution in [0.4, 0.5) is 33.6 Å². The predicted octanol–water partition coefficient (Wildman–Crippen LogP) is 5.53. The molecular weight excluding hydrogens is 547 g/mol. The maximum atomic E-state index is 14.2. The Hall–Kier alpha value is -4.16. The topological polar surface area (TPSA) is 90.9 Å². The van der Waals surface area contributed by atoms with Crippen LogP contribution in [-0.2, 0) is 6.42 Å². The van der Waals surface area contributed by atoms with Crippen molar-refractivity contribution in [3.63, 3.8) is 0 Å². The Labute approximate surface area is 229 Å². The Morgan fingerprint density at radius 1 is 0.900 bits per heavy atom. The summed E-state index contributed by atoms with van der Waals surface area (Å²) in [5.41, 5.74) is 9.34. The van der Waals surface area contributed by atoms with Crippen LogP contribution in [0, 0.1) is 34.5 Å². The maximum absolute atomic E-state index is 14.2. The smallest absolute Gasteiger partial charge is 0.200 e. The van der Waals surface area contributed by atoms with Gasteiger partial charge in [0.2, 0.25) is 5.82 Å². The summed E-state index contributed by atoms with van der Waals surface area (Å²) in [5.74, 6) is -5.96. The van der Waals surface area contributed by atoms with Crippen molar-refractivity contribution in [3.05, 3.63) is 112 Å². The van der Waals surface area contributed by atoms with Gasteiger partial charge in [0.25, 0.3) is 0 Å². The van der Waals surface area contributed by atoms with Crippen LogP contribution < -0.4 is 11.1 Å². The number of halogens is 5. The van der Waals surface area contributed by atoms with Gasteiger partial charge in [-0.3, -0.25) is 5.41 Å². The lowest BCUT2D eigenvalue weighted by molar-refractivity contribution is 0.304. The molecule has 0 aliphatic carbocycles. The normalized spacial score (nSPS) is 14.5. The van der Waals surface area contributed by atoms with Crippen molar-refractivity contribution in [1.82, 2.24) is 14.3 Å². The Bertz CT molecular complexity index is 1580. The van der Waals surface area contributed by atoms with Gasteiger partial charge in [-0.25, -0.2) is 36.2 Å². The van der Waals surface area contributed by atoms with Crippen LogP contribution in [0.1, 0.15) is 22.3 Å². The second kappa shape index (κ2) is 11.1. The van der Waals surface area contributed by atoms with Gasteiger partial charge in [-0.2, -0.15) is 0 Å². The van der Waals surface area contributed by atoms with E-state index in [2.05, 4.69) is 21.2 Å². The molecule has 0 spiro atoms. The lowest BCUT2D eigenvalue weighted by atomic mass is 9.99. The summed E-state index contributed by atoms with van der Waals surface area (Å²) < 4.78 is 70.7. The van der Waals surface area contributed by atoms with Crippen LogP contribution in [0.15, 0.2) is 65.8 Å². The number of nitrogens with zero attached hydrogens (tertiary/aromatic N) is 3. The van der Waals surface area contributed by atoms with E-state index < -0.39 is 44.7 Å². The standard InChI is InChI=1S/C28H23F5N6S/c1-40(26-23(32)21(30)20(29)22(31)24(26)33)39-12-18(13-39)38-28-19(27(35)36-14-37-28)25(34)17-9-7-16(8-10-17)11-15-5-3-2-4-6-15/h2-10,14,18,34H,1,11-13H2,(H3,35,36,37,38). The van der Waals surface area contributed by atoms with Crippen LogP contribution in [-0.4, -0.2) is 45.0 Å². The minimum atomic E-state index is -2.21. The molecule has 6 nitrogen and oxygen atoms in total. The van der Waals surface area contributed by atoms with Crippen molar-refractivity contribution in [3.8, 4) is 0 Å². The van der Waals surface area contributed by atoms with E-state index in [1.54, 1.807) is 0 Å². The van der Waals surface area contributed by atoms with E-state index >= 15 is 0 Å². The number of hydrogen-bond acceptors (Lipinski definition) is 6. The minimum absolute atomic E-state index is 0.0883. The second-order valence-electron chi connectivity index (χ2n) is 9.17. The van der Waals surface area contributed by atoms with Crippen molar-refractivity contribution in [2.24, 2.45) is 0 Å². The van der Waals surface area contributed by atoms with Gasteiger partial charge in [-0.1, -0.05) is 71.1 Å². The lowest BCUT2D eigenvalue weighted by Gasteiger charge is -2.41. The molecule has 2 heterocycles. The number of anilines is 2. The first-order valence-electron chi connectivity index (χ1n) is 12.0. The SMILES string of the molecule is C=S(c1c(F)c(F)c(F)c(F)c1F)N1CC(Nc2ncnc(N)c2C(=N)c2ccc(Cc3ccccc3)cc2)C1. The highest BCUT2D eigenvalue weighted by molar-refractivity contribution is 8.12. The van der Waals surface area contributed by atoms with Gasteiger partial charge in [0.1, 0.15) is 18.0 Å². The van der Waals surface area contributed by atoms with Crippen LogP contribution in [0.25, 0.3) is 0 Å². The van der Waals surface area contributed by atoms with Gasteiger partial charge in [0, 0.05) is 18.7 Å². The Morgan fingerprint density at radius 3 is 2.10 bits per heavy atom. The van der Waals surface area contributed by atoms with Gasteiger partial charge < -0.3 is 11.1 Å². The molecule has 206 valence electrons. The van der Waals surface area contributed by atoms with Crippen LogP contribution in [0.5, 0.6) is 0 Å². The molecule has 1 atom stereocenters. The maximum Gasteiger partial charge on any atom is 0.200 e. The molecule has 1 fully saturated rings. The monoisotopic (exact) mass is 570 g/mol. The predicted molar refractivity (Wildman–Crippen MR) is 146 cm³/mol. The van der Waals surface area contributed by atoms with Gasteiger partial charge in [-0.05, 0) is 17.5 Å². The number of nitrogen functional groups attached to an aromatic ring is 1. The summed E-state index contributed by atoms with van der Waals surface area (Å²) >= 11 is 0. The Balaban J connectivity index is 1.29. The second-order valence-corrected chi connectivity index (χ2v) is 10.8. The fourth-order valence-corrected chi connectivity index (χ4v) is 5.91. The van der Waals surface area contributed by atoms with Crippen molar-refractivity contribution in [1.29, 1.82) is 5.41 Å². The highest BCUT2D eigenvalue weighted by Gasteiger charge is 2.35. The zero-order chi connectivity index (χ0) is 28.6. The number of rotatable bonds is 8. The van der Waals surface area contributed by atoms with Gasteiger partial charge in [-0.15, -0.1) is 0 Å². The van der Waals surface area contributed by atoms with E-state index in [0.29, 0.717) is 5.56 Å². The third-order valence-electron chi connectivity index (χ3n) is 6.53. The molecule has 5 rings (SSSR count). The minimum Gasteiger partial charge on any atom is -0.383 e. The van der Waals surface area contributed by atoms with Crippen LogP contribution >= 0.6 is 10.7 Å². The third-order valence-corrected chi connectivity index (χ3v) is 8.28. The largest absolute Gasteiger partial charge is 0.383 e. The summed E-state index contributed by atoms with van der Waals surface area (Å²) in [6.07, 6.45) is 1.99. The van der Waals surface area contributed by atoms with Crippen molar-refractivity contribution >= 4 is 33.9 Å². The summed E-state index contributed by atoms with van der Waals surface area (Å²) in [5, 5.41) is 11.9. The first-order valence-corrected chi connectivity index (χ1v) is 13.4. The molecule has 0 saturated carbocycles. The molecule has 1 unspecified atom stereocenters. The third kappa shape index (κ3) is 5.19. The molecular formula is C28H23F5N6S. The van der Waals surface area contributed by atoms with Gasteiger partial charge in [0.15, 0.2) is 23.3 Å². The summed E-state index contributed by atoms with van der Waals surface area (Å²) in [7, 11) is -1.64. The Morgan fingerprint density at radius 2 is 1.48 bits per heavy atom. The molecule has 1 aromatic heterocycles. The number of nitrogens with two attached hydrogens (primary N) is 1. The van der Waals surface area contributed by atoms with Crippen LogP contribution in [0.3, 0.4) is 0 Å². The van der Waals surface area contributed by atoms with Crippen molar-refractivity contribution in [2.45, 2.75) is 17.4 Å². The van der Waals surface area contributed by atoms with Gasteiger partial charge in [0.05, 0.1) is 22.2 Å². The molecule has 1 aliphatic heterocycles. The van der Waals surface area contributed by atoms with E-state index in [-0.39, 0.29) is 42.0 Å². The van der Waals surface area contributed by atoms with E-state index in [9.17, 15) is 22.0 Å². The van der Waals surface area contributed by atoms with E-state index in [1.165, 1.54) is 10.6 Å². The molecule has 1 saturated heterocycles. The molecule has 3 aromatic carbocycles. The summed E-state index contributed by atoms with van der Waals surface area (Å²) in [4.78, 5) is 7.29. The van der Waals surface area contributed by atoms with E-state index in [0.717, 1.165) is 17.5 Å². The van der Waals surface area contributed by atoms with Crippen molar-refractivity contribution < 1.29 is 22.0 Å². The first kappa shape index (κ1) is 27.4. The average Bonchev–Trinajstić information content (AvgIpc) is 2.93. The summed E-state index contributed by atoms with van der Waals surface area (Å²) in [6.45, 7) is 0.355. The van der Waals surface area contributed by atoms with Gasteiger partial charge >= 0.3 is 0 Å².